The first-order valence-corrected chi connectivity index (χ1v) is 7.06. The third kappa shape index (κ3) is 6.80. The maximum atomic E-state index is 13.8. The molecule has 0 aliphatic carbocycles. The van der Waals surface area contributed by atoms with E-state index in [1.807, 2.05) is 13.8 Å². The Morgan fingerprint density at radius 3 is 2.57 bits per heavy atom. The summed E-state index contributed by atoms with van der Waals surface area (Å²) in [6.07, 6.45) is -4.33. The number of ether oxygens (including phenoxy) is 1. The molecule has 0 aliphatic heterocycles. The van der Waals surface area contributed by atoms with Gasteiger partial charge in [0.05, 0.1) is 6.61 Å². The molecular formula is C15H21F4NO. The van der Waals surface area contributed by atoms with Crippen LogP contribution >= 0.6 is 0 Å². The SMILES string of the molecule is CCCNC(C)c1ccc(OCCCC(F)(F)F)c(F)c1. The summed E-state index contributed by atoms with van der Waals surface area (Å²) in [6, 6.07) is 4.54. The van der Waals surface area contributed by atoms with Gasteiger partial charge in [0.2, 0.25) is 0 Å². The van der Waals surface area contributed by atoms with Crippen LogP contribution in [0, 0.1) is 5.82 Å². The van der Waals surface area contributed by atoms with Gasteiger partial charge in [0, 0.05) is 12.5 Å². The molecule has 0 radical (unpaired) electrons. The lowest BCUT2D eigenvalue weighted by molar-refractivity contribution is -0.136. The number of hydrogen-bond donors (Lipinski definition) is 1. The monoisotopic (exact) mass is 307 g/mol. The van der Waals surface area contributed by atoms with E-state index in [4.69, 9.17) is 4.74 Å². The molecule has 0 spiro atoms. The van der Waals surface area contributed by atoms with Crippen molar-refractivity contribution in [1.29, 1.82) is 0 Å². The number of rotatable bonds is 8. The lowest BCUT2D eigenvalue weighted by atomic mass is 10.1. The second-order valence-electron chi connectivity index (χ2n) is 4.93. The van der Waals surface area contributed by atoms with E-state index >= 15 is 0 Å². The molecule has 0 bridgehead atoms. The second-order valence-corrected chi connectivity index (χ2v) is 4.93. The van der Waals surface area contributed by atoms with E-state index in [-0.39, 0.29) is 24.8 Å². The fourth-order valence-electron chi connectivity index (χ4n) is 1.84. The van der Waals surface area contributed by atoms with Crippen molar-refractivity contribution < 1.29 is 22.3 Å². The van der Waals surface area contributed by atoms with Gasteiger partial charge in [0.1, 0.15) is 0 Å². The van der Waals surface area contributed by atoms with Gasteiger partial charge in [0.25, 0.3) is 0 Å². The molecule has 0 amide bonds. The van der Waals surface area contributed by atoms with Gasteiger partial charge in [-0.3, -0.25) is 0 Å². The summed E-state index contributed by atoms with van der Waals surface area (Å²) in [7, 11) is 0. The van der Waals surface area contributed by atoms with Gasteiger partial charge in [-0.15, -0.1) is 0 Å². The molecule has 6 heteroatoms. The van der Waals surface area contributed by atoms with Crippen LogP contribution in [0.2, 0.25) is 0 Å². The van der Waals surface area contributed by atoms with Crippen molar-refractivity contribution in [2.75, 3.05) is 13.2 Å². The lowest BCUT2D eigenvalue weighted by Crippen LogP contribution is -2.19. The van der Waals surface area contributed by atoms with Crippen molar-refractivity contribution in [2.45, 2.75) is 45.3 Å². The zero-order chi connectivity index (χ0) is 15.9. The Kier molecular flexibility index (Phi) is 6.95. The van der Waals surface area contributed by atoms with Crippen LogP contribution in [0.25, 0.3) is 0 Å². The smallest absolute Gasteiger partial charge is 0.389 e. The number of hydrogen-bond acceptors (Lipinski definition) is 2. The third-order valence-electron chi connectivity index (χ3n) is 3.02. The molecule has 1 atom stereocenters. The average Bonchev–Trinajstić information content (AvgIpc) is 2.41. The Morgan fingerprint density at radius 2 is 2.00 bits per heavy atom. The van der Waals surface area contributed by atoms with Gasteiger partial charge < -0.3 is 10.1 Å². The molecule has 0 saturated carbocycles. The Bertz CT molecular complexity index is 434. The van der Waals surface area contributed by atoms with E-state index in [0.717, 1.165) is 18.5 Å². The van der Waals surface area contributed by atoms with Crippen molar-refractivity contribution in [3.63, 3.8) is 0 Å². The molecule has 1 aromatic rings. The molecule has 21 heavy (non-hydrogen) atoms. The highest BCUT2D eigenvalue weighted by molar-refractivity contribution is 5.30. The van der Waals surface area contributed by atoms with Gasteiger partial charge in [-0.1, -0.05) is 13.0 Å². The van der Waals surface area contributed by atoms with Gasteiger partial charge >= 0.3 is 6.18 Å². The van der Waals surface area contributed by atoms with Gasteiger partial charge in [-0.05, 0) is 44.0 Å². The maximum absolute atomic E-state index is 13.8. The van der Waals surface area contributed by atoms with Crippen LogP contribution in [0.15, 0.2) is 18.2 Å². The Balaban J connectivity index is 2.50. The van der Waals surface area contributed by atoms with E-state index < -0.39 is 18.4 Å². The Hall–Kier alpha value is -1.30. The zero-order valence-corrected chi connectivity index (χ0v) is 12.3. The van der Waals surface area contributed by atoms with Crippen LogP contribution in [0.3, 0.4) is 0 Å². The molecular weight excluding hydrogens is 286 g/mol. The zero-order valence-electron chi connectivity index (χ0n) is 12.3. The Labute approximate surface area is 122 Å². The Morgan fingerprint density at radius 1 is 1.29 bits per heavy atom. The number of alkyl halides is 3. The van der Waals surface area contributed by atoms with Crippen molar-refractivity contribution in [3.05, 3.63) is 29.6 Å². The van der Waals surface area contributed by atoms with Crippen LogP contribution in [-0.4, -0.2) is 19.3 Å². The standard InChI is InChI=1S/C15H21F4NO/c1-3-8-20-11(2)12-5-6-14(13(16)10-12)21-9-4-7-15(17,18)19/h5-6,10-11,20H,3-4,7-9H2,1-2H3. The summed E-state index contributed by atoms with van der Waals surface area (Å²) in [5.41, 5.74) is 0.781. The van der Waals surface area contributed by atoms with E-state index in [1.54, 1.807) is 6.07 Å². The highest BCUT2D eigenvalue weighted by Crippen LogP contribution is 2.24. The molecule has 1 N–H and O–H groups in total. The molecule has 0 fully saturated rings. The highest BCUT2D eigenvalue weighted by atomic mass is 19.4. The maximum Gasteiger partial charge on any atom is 0.389 e. The fraction of sp³-hybridized carbons (Fsp3) is 0.600. The first kappa shape index (κ1) is 17.8. The van der Waals surface area contributed by atoms with E-state index in [1.165, 1.54) is 12.1 Å². The molecule has 0 aliphatic rings. The second kappa shape index (κ2) is 8.22. The van der Waals surface area contributed by atoms with Crippen molar-refractivity contribution in [1.82, 2.24) is 5.32 Å². The first-order chi connectivity index (χ1) is 9.83. The molecule has 2 nitrogen and oxygen atoms in total. The van der Waals surface area contributed by atoms with Gasteiger partial charge in [-0.25, -0.2) is 4.39 Å². The molecule has 1 rings (SSSR count). The largest absolute Gasteiger partial charge is 0.491 e. The predicted molar refractivity (Wildman–Crippen MR) is 73.9 cm³/mol. The van der Waals surface area contributed by atoms with Crippen LogP contribution in [0.5, 0.6) is 5.75 Å². The molecule has 0 heterocycles. The summed E-state index contributed by atoms with van der Waals surface area (Å²) < 4.78 is 54.8. The number of nitrogens with one attached hydrogen (secondary N) is 1. The summed E-state index contributed by atoms with van der Waals surface area (Å²) in [4.78, 5) is 0. The van der Waals surface area contributed by atoms with Crippen LogP contribution in [0.1, 0.15) is 44.7 Å². The highest BCUT2D eigenvalue weighted by Gasteiger charge is 2.26. The van der Waals surface area contributed by atoms with Gasteiger partial charge in [0.15, 0.2) is 11.6 Å². The molecule has 0 aromatic heterocycles. The van der Waals surface area contributed by atoms with Crippen molar-refractivity contribution in [3.8, 4) is 5.75 Å². The van der Waals surface area contributed by atoms with E-state index in [9.17, 15) is 17.6 Å². The summed E-state index contributed by atoms with van der Waals surface area (Å²) >= 11 is 0. The first-order valence-electron chi connectivity index (χ1n) is 7.06. The van der Waals surface area contributed by atoms with E-state index in [0.29, 0.717) is 0 Å². The lowest BCUT2D eigenvalue weighted by Gasteiger charge is -2.15. The summed E-state index contributed by atoms with van der Waals surface area (Å²) in [5.74, 6) is -0.562. The quantitative estimate of drug-likeness (QED) is 0.559. The molecule has 1 unspecified atom stereocenters. The average molecular weight is 307 g/mol. The summed E-state index contributed by atoms with van der Waals surface area (Å²) in [6.45, 7) is 4.64. The molecule has 1 aromatic carbocycles. The fourth-order valence-corrected chi connectivity index (χ4v) is 1.84. The minimum absolute atomic E-state index is 0.0105. The summed E-state index contributed by atoms with van der Waals surface area (Å²) in [5, 5.41) is 3.23. The predicted octanol–water partition coefficient (Wildman–Crippen LogP) is 4.61. The van der Waals surface area contributed by atoms with Crippen LogP contribution in [0.4, 0.5) is 17.6 Å². The van der Waals surface area contributed by atoms with Crippen molar-refractivity contribution in [2.24, 2.45) is 0 Å². The normalized spacial score (nSPS) is 13.2. The van der Waals surface area contributed by atoms with E-state index in [2.05, 4.69) is 5.32 Å². The van der Waals surface area contributed by atoms with Crippen LogP contribution < -0.4 is 10.1 Å². The topological polar surface area (TPSA) is 21.3 Å². The molecule has 120 valence electrons. The molecule has 0 saturated heterocycles. The van der Waals surface area contributed by atoms with Crippen molar-refractivity contribution >= 4 is 0 Å². The van der Waals surface area contributed by atoms with Crippen LogP contribution in [-0.2, 0) is 0 Å². The third-order valence-corrected chi connectivity index (χ3v) is 3.02. The number of benzene rings is 1. The number of halogens is 4. The van der Waals surface area contributed by atoms with Gasteiger partial charge in [-0.2, -0.15) is 13.2 Å². The minimum Gasteiger partial charge on any atom is -0.491 e. The minimum atomic E-state index is -4.20.